The van der Waals surface area contributed by atoms with Gasteiger partial charge in [0, 0.05) is 11.8 Å². The van der Waals surface area contributed by atoms with Gasteiger partial charge in [0.05, 0.1) is 11.6 Å². The van der Waals surface area contributed by atoms with Gasteiger partial charge >= 0.3 is 0 Å². The molecule has 0 aliphatic heterocycles. The van der Waals surface area contributed by atoms with Crippen molar-refractivity contribution >= 4 is 11.5 Å². The standard InChI is InChI=1S/C21H18FN3O/c1-13-10-14(2)20(15(3)11-13)26-19-9-8-18(22)21(25-19)24-17-6-4-16(12-23)5-7-17/h4-11H,1-3H3,(H,24,25). The lowest BCUT2D eigenvalue weighted by molar-refractivity contribution is 0.454. The number of nitriles is 1. The minimum atomic E-state index is -0.487. The van der Waals surface area contributed by atoms with E-state index in [-0.39, 0.29) is 5.82 Å². The number of nitrogens with one attached hydrogen (secondary N) is 1. The molecule has 0 bridgehead atoms. The predicted octanol–water partition coefficient (Wildman–Crippen LogP) is 5.55. The van der Waals surface area contributed by atoms with Crippen molar-refractivity contribution in [1.82, 2.24) is 4.98 Å². The van der Waals surface area contributed by atoms with Gasteiger partial charge < -0.3 is 10.1 Å². The number of benzene rings is 2. The Balaban J connectivity index is 1.87. The monoisotopic (exact) mass is 347 g/mol. The molecule has 3 aromatic rings. The lowest BCUT2D eigenvalue weighted by Gasteiger charge is -2.13. The molecule has 5 heteroatoms. The zero-order chi connectivity index (χ0) is 18.7. The van der Waals surface area contributed by atoms with Gasteiger partial charge in [-0.2, -0.15) is 10.2 Å². The van der Waals surface area contributed by atoms with E-state index in [1.54, 1.807) is 24.3 Å². The SMILES string of the molecule is Cc1cc(C)c(Oc2ccc(F)c(Nc3ccc(C#N)cc3)n2)c(C)c1. The number of hydrogen-bond acceptors (Lipinski definition) is 4. The summed E-state index contributed by atoms with van der Waals surface area (Å²) in [4.78, 5) is 4.24. The van der Waals surface area contributed by atoms with E-state index in [4.69, 9.17) is 10.00 Å². The molecule has 0 aliphatic rings. The molecule has 1 aromatic heterocycles. The number of halogens is 1. The number of aromatic nitrogens is 1. The Labute approximate surface area is 151 Å². The second-order valence-corrected chi connectivity index (χ2v) is 6.12. The first kappa shape index (κ1) is 17.4. The highest BCUT2D eigenvalue weighted by molar-refractivity contribution is 5.58. The maximum absolute atomic E-state index is 14.1. The van der Waals surface area contributed by atoms with Crippen LogP contribution < -0.4 is 10.1 Å². The van der Waals surface area contributed by atoms with Crippen molar-refractivity contribution in [3.8, 4) is 17.7 Å². The van der Waals surface area contributed by atoms with Crippen LogP contribution in [0.5, 0.6) is 11.6 Å². The molecule has 0 aliphatic carbocycles. The van der Waals surface area contributed by atoms with E-state index < -0.39 is 5.82 Å². The van der Waals surface area contributed by atoms with Gasteiger partial charge in [0.25, 0.3) is 0 Å². The van der Waals surface area contributed by atoms with E-state index in [9.17, 15) is 4.39 Å². The molecule has 0 atom stereocenters. The Morgan fingerprint density at radius 1 is 1.00 bits per heavy atom. The summed E-state index contributed by atoms with van der Waals surface area (Å²) in [5, 5.41) is 11.8. The normalized spacial score (nSPS) is 10.3. The van der Waals surface area contributed by atoms with Crippen molar-refractivity contribution in [2.24, 2.45) is 0 Å². The lowest BCUT2D eigenvalue weighted by atomic mass is 10.1. The van der Waals surface area contributed by atoms with E-state index in [1.807, 2.05) is 39.0 Å². The van der Waals surface area contributed by atoms with Crippen LogP contribution in [0.15, 0.2) is 48.5 Å². The molecule has 2 aromatic carbocycles. The van der Waals surface area contributed by atoms with Crippen molar-refractivity contribution < 1.29 is 9.13 Å². The van der Waals surface area contributed by atoms with E-state index in [0.717, 1.165) is 22.4 Å². The van der Waals surface area contributed by atoms with Gasteiger partial charge in [-0.25, -0.2) is 4.39 Å². The van der Waals surface area contributed by atoms with Crippen molar-refractivity contribution in [1.29, 1.82) is 5.26 Å². The minimum absolute atomic E-state index is 0.0645. The molecule has 130 valence electrons. The van der Waals surface area contributed by atoms with E-state index in [2.05, 4.69) is 10.3 Å². The molecule has 3 rings (SSSR count). The van der Waals surface area contributed by atoms with E-state index in [0.29, 0.717) is 17.1 Å². The first-order chi connectivity index (χ1) is 12.5. The van der Waals surface area contributed by atoms with Crippen LogP contribution in [0, 0.1) is 37.9 Å². The van der Waals surface area contributed by atoms with Gasteiger partial charge in [0.2, 0.25) is 5.88 Å². The average Bonchev–Trinajstić information content (AvgIpc) is 2.61. The Morgan fingerprint density at radius 2 is 1.65 bits per heavy atom. The summed E-state index contributed by atoms with van der Waals surface area (Å²) in [6.45, 7) is 5.96. The maximum atomic E-state index is 14.1. The number of aryl methyl sites for hydroxylation is 3. The maximum Gasteiger partial charge on any atom is 0.221 e. The number of rotatable bonds is 4. The molecule has 1 heterocycles. The number of nitrogens with zero attached hydrogens (tertiary/aromatic N) is 2. The summed E-state index contributed by atoms with van der Waals surface area (Å²) in [5.74, 6) is 0.602. The van der Waals surface area contributed by atoms with Crippen molar-refractivity contribution in [2.45, 2.75) is 20.8 Å². The zero-order valence-electron chi connectivity index (χ0n) is 14.8. The molecular weight excluding hydrogens is 329 g/mol. The van der Waals surface area contributed by atoms with Crippen LogP contribution >= 0.6 is 0 Å². The molecule has 0 saturated heterocycles. The zero-order valence-corrected chi connectivity index (χ0v) is 14.8. The summed E-state index contributed by atoms with van der Waals surface area (Å²) >= 11 is 0. The van der Waals surface area contributed by atoms with Crippen LogP contribution in [0.2, 0.25) is 0 Å². The summed E-state index contributed by atoms with van der Waals surface area (Å²) in [7, 11) is 0. The fraction of sp³-hybridized carbons (Fsp3) is 0.143. The Morgan fingerprint density at radius 3 is 2.27 bits per heavy atom. The Kier molecular flexibility index (Phi) is 4.85. The number of hydrogen-bond donors (Lipinski definition) is 1. The van der Waals surface area contributed by atoms with Crippen LogP contribution in [-0.4, -0.2) is 4.98 Å². The largest absolute Gasteiger partial charge is 0.438 e. The molecule has 0 fully saturated rings. The van der Waals surface area contributed by atoms with E-state index >= 15 is 0 Å². The number of anilines is 2. The molecule has 0 spiro atoms. The quantitative estimate of drug-likeness (QED) is 0.672. The summed E-state index contributed by atoms with van der Waals surface area (Å²) < 4.78 is 20.0. The molecular formula is C21H18FN3O. The van der Waals surface area contributed by atoms with Crippen molar-refractivity contribution in [3.63, 3.8) is 0 Å². The summed E-state index contributed by atoms with van der Waals surface area (Å²) in [6.07, 6.45) is 0. The molecule has 26 heavy (non-hydrogen) atoms. The minimum Gasteiger partial charge on any atom is -0.438 e. The Hall–Kier alpha value is -3.39. The van der Waals surface area contributed by atoms with Gasteiger partial charge in [0.1, 0.15) is 5.75 Å². The highest BCUT2D eigenvalue weighted by atomic mass is 19.1. The molecule has 4 nitrogen and oxygen atoms in total. The topological polar surface area (TPSA) is 57.9 Å². The molecule has 1 N–H and O–H groups in total. The number of pyridine rings is 1. The van der Waals surface area contributed by atoms with Gasteiger partial charge in [-0.1, -0.05) is 17.7 Å². The van der Waals surface area contributed by atoms with Gasteiger partial charge in [0.15, 0.2) is 11.6 Å². The third kappa shape index (κ3) is 3.81. The van der Waals surface area contributed by atoms with Crippen LogP contribution in [0.1, 0.15) is 22.3 Å². The van der Waals surface area contributed by atoms with Gasteiger partial charge in [-0.15, -0.1) is 0 Å². The lowest BCUT2D eigenvalue weighted by Crippen LogP contribution is -2.00. The van der Waals surface area contributed by atoms with Crippen LogP contribution in [0.4, 0.5) is 15.9 Å². The first-order valence-corrected chi connectivity index (χ1v) is 8.15. The fourth-order valence-corrected chi connectivity index (χ4v) is 2.77. The van der Waals surface area contributed by atoms with Crippen molar-refractivity contribution in [2.75, 3.05) is 5.32 Å². The highest BCUT2D eigenvalue weighted by Gasteiger charge is 2.11. The average molecular weight is 347 g/mol. The van der Waals surface area contributed by atoms with Crippen LogP contribution in [0.25, 0.3) is 0 Å². The smallest absolute Gasteiger partial charge is 0.221 e. The first-order valence-electron chi connectivity index (χ1n) is 8.15. The van der Waals surface area contributed by atoms with Crippen molar-refractivity contribution in [3.05, 3.63) is 76.6 Å². The second-order valence-electron chi connectivity index (χ2n) is 6.12. The van der Waals surface area contributed by atoms with Gasteiger partial charge in [-0.3, -0.25) is 0 Å². The molecule has 0 saturated carbocycles. The van der Waals surface area contributed by atoms with Gasteiger partial charge in [-0.05, 0) is 62.2 Å². The summed E-state index contributed by atoms with van der Waals surface area (Å²) in [6, 6.07) is 15.6. The molecule has 0 unspecified atom stereocenters. The second kappa shape index (κ2) is 7.24. The Bertz CT molecular complexity index is 968. The highest BCUT2D eigenvalue weighted by Crippen LogP contribution is 2.30. The summed E-state index contributed by atoms with van der Waals surface area (Å²) in [5.41, 5.74) is 4.31. The fourth-order valence-electron chi connectivity index (χ4n) is 2.77. The van der Waals surface area contributed by atoms with E-state index in [1.165, 1.54) is 12.1 Å². The third-order valence-corrected chi connectivity index (χ3v) is 3.91. The third-order valence-electron chi connectivity index (χ3n) is 3.91. The van der Waals surface area contributed by atoms with Crippen LogP contribution in [0.3, 0.4) is 0 Å². The molecule has 0 radical (unpaired) electrons. The predicted molar refractivity (Wildman–Crippen MR) is 99.4 cm³/mol. The van der Waals surface area contributed by atoms with Crippen LogP contribution in [-0.2, 0) is 0 Å². The number of ether oxygens (including phenoxy) is 1. The molecule has 0 amide bonds.